The van der Waals surface area contributed by atoms with E-state index < -0.39 is 0 Å². The average molecular weight is 283 g/mol. The Morgan fingerprint density at radius 1 is 1.20 bits per heavy atom. The number of aromatic nitrogens is 2. The molecule has 0 spiro atoms. The molecule has 20 heavy (non-hydrogen) atoms. The first-order valence-corrected chi connectivity index (χ1v) is 7.59. The van der Waals surface area contributed by atoms with Crippen molar-refractivity contribution >= 4 is 22.2 Å². The van der Waals surface area contributed by atoms with Crippen molar-refractivity contribution in [3.8, 4) is 0 Å². The fourth-order valence-corrected chi connectivity index (χ4v) is 3.27. The van der Waals surface area contributed by atoms with Crippen molar-refractivity contribution in [3.63, 3.8) is 0 Å². The van der Waals surface area contributed by atoms with Crippen LogP contribution in [0, 0.1) is 6.92 Å². The first kappa shape index (κ1) is 13.2. The van der Waals surface area contributed by atoms with Crippen LogP contribution < -0.4 is 5.73 Å². The molecule has 1 aromatic carbocycles. The van der Waals surface area contributed by atoms with E-state index in [1.165, 1.54) is 10.9 Å². The monoisotopic (exact) mass is 283 g/mol. The van der Waals surface area contributed by atoms with Gasteiger partial charge in [0.05, 0.1) is 10.5 Å². The summed E-state index contributed by atoms with van der Waals surface area (Å²) >= 11 is 1.69. The van der Waals surface area contributed by atoms with Crippen molar-refractivity contribution in [1.29, 1.82) is 0 Å². The van der Waals surface area contributed by atoms with Crippen LogP contribution in [0.25, 0.3) is 10.9 Å². The number of benzene rings is 1. The Kier molecular flexibility index (Phi) is 3.76. The van der Waals surface area contributed by atoms with Crippen molar-refractivity contribution < 1.29 is 0 Å². The minimum absolute atomic E-state index is 0.0892. The van der Waals surface area contributed by atoms with E-state index in [1.54, 1.807) is 11.3 Å². The van der Waals surface area contributed by atoms with Crippen molar-refractivity contribution in [3.05, 3.63) is 58.2 Å². The van der Waals surface area contributed by atoms with Crippen molar-refractivity contribution in [2.75, 3.05) is 0 Å². The first-order valence-electron chi connectivity index (χ1n) is 6.71. The maximum Gasteiger partial charge on any atom is 0.0943 e. The molecule has 3 rings (SSSR count). The van der Waals surface area contributed by atoms with Gasteiger partial charge in [-0.15, -0.1) is 11.3 Å². The zero-order chi connectivity index (χ0) is 13.9. The Bertz CT molecular complexity index is 715. The predicted molar refractivity (Wildman–Crippen MR) is 84.0 cm³/mol. The summed E-state index contributed by atoms with van der Waals surface area (Å²) in [5.41, 5.74) is 9.65. The van der Waals surface area contributed by atoms with Crippen LogP contribution in [-0.2, 0) is 12.8 Å². The van der Waals surface area contributed by atoms with Crippen LogP contribution in [0.5, 0.6) is 0 Å². The smallest absolute Gasteiger partial charge is 0.0943 e. The molecule has 4 heteroatoms. The highest BCUT2D eigenvalue weighted by Gasteiger charge is 2.10. The van der Waals surface area contributed by atoms with Gasteiger partial charge in [0.25, 0.3) is 0 Å². The van der Waals surface area contributed by atoms with E-state index in [0.29, 0.717) is 0 Å². The molecule has 0 bridgehead atoms. The summed E-state index contributed by atoms with van der Waals surface area (Å²) in [4.78, 5) is 8.87. The molecule has 2 aromatic heterocycles. The second kappa shape index (κ2) is 5.69. The largest absolute Gasteiger partial charge is 0.327 e. The van der Waals surface area contributed by atoms with Gasteiger partial charge in [-0.3, -0.25) is 4.98 Å². The Labute approximate surface area is 122 Å². The van der Waals surface area contributed by atoms with E-state index in [1.807, 2.05) is 31.3 Å². The SMILES string of the molecule is Cc1csc(CC(N)Cc2ccnc3ccccc23)n1. The lowest BCUT2D eigenvalue weighted by Crippen LogP contribution is -2.25. The summed E-state index contributed by atoms with van der Waals surface area (Å²) in [5.74, 6) is 0. The van der Waals surface area contributed by atoms with Crippen LogP contribution in [0.15, 0.2) is 41.9 Å². The number of para-hydroxylation sites is 1. The summed E-state index contributed by atoms with van der Waals surface area (Å²) in [7, 11) is 0. The number of hydrogen-bond donors (Lipinski definition) is 1. The van der Waals surface area contributed by atoms with Crippen LogP contribution in [0.1, 0.15) is 16.3 Å². The van der Waals surface area contributed by atoms with Gasteiger partial charge in [0.1, 0.15) is 0 Å². The molecule has 0 radical (unpaired) electrons. The zero-order valence-corrected chi connectivity index (χ0v) is 12.2. The molecular formula is C16H17N3S. The Hall–Kier alpha value is -1.78. The molecule has 1 atom stereocenters. The van der Waals surface area contributed by atoms with Gasteiger partial charge >= 0.3 is 0 Å². The van der Waals surface area contributed by atoms with Crippen LogP contribution in [0.4, 0.5) is 0 Å². The van der Waals surface area contributed by atoms with Gasteiger partial charge in [-0.05, 0) is 31.0 Å². The Morgan fingerprint density at radius 3 is 2.85 bits per heavy atom. The number of pyridine rings is 1. The third kappa shape index (κ3) is 2.86. The van der Waals surface area contributed by atoms with Crippen molar-refractivity contribution in [2.24, 2.45) is 5.73 Å². The Balaban J connectivity index is 1.79. The maximum absolute atomic E-state index is 6.28. The average Bonchev–Trinajstić information content (AvgIpc) is 2.84. The van der Waals surface area contributed by atoms with Crippen LogP contribution in [0.3, 0.4) is 0 Å². The first-order chi connectivity index (χ1) is 9.72. The summed E-state index contributed by atoms with van der Waals surface area (Å²) in [6.45, 7) is 2.02. The highest BCUT2D eigenvalue weighted by molar-refractivity contribution is 7.09. The summed E-state index contributed by atoms with van der Waals surface area (Å²) in [6.07, 6.45) is 3.54. The lowest BCUT2D eigenvalue weighted by molar-refractivity contribution is 0.663. The van der Waals surface area contributed by atoms with Crippen LogP contribution in [0.2, 0.25) is 0 Å². The van der Waals surface area contributed by atoms with Crippen LogP contribution in [-0.4, -0.2) is 16.0 Å². The predicted octanol–water partition coefficient (Wildman–Crippen LogP) is 3.11. The fraction of sp³-hybridized carbons (Fsp3) is 0.250. The molecular weight excluding hydrogens is 266 g/mol. The molecule has 0 amide bonds. The zero-order valence-electron chi connectivity index (χ0n) is 11.4. The van der Waals surface area contributed by atoms with Crippen LogP contribution >= 0.6 is 11.3 Å². The van der Waals surface area contributed by atoms with E-state index in [4.69, 9.17) is 5.73 Å². The normalized spacial score (nSPS) is 12.7. The van der Waals surface area contributed by atoms with E-state index in [-0.39, 0.29) is 6.04 Å². The molecule has 0 aliphatic rings. The van der Waals surface area contributed by atoms with E-state index in [9.17, 15) is 0 Å². The highest BCUT2D eigenvalue weighted by atomic mass is 32.1. The second-order valence-electron chi connectivity index (χ2n) is 5.04. The molecule has 0 saturated carbocycles. The molecule has 1 unspecified atom stereocenters. The number of nitrogens with zero attached hydrogens (tertiary/aromatic N) is 2. The lowest BCUT2D eigenvalue weighted by atomic mass is 10.0. The van der Waals surface area contributed by atoms with Gasteiger partial charge in [0.15, 0.2) is 0 Å². The lowest BCUT2D eigenvalue weighted by Gasteiger charge is -2.11. The van der Waals surface area contributed by atoms with Gasteiger partial charge in [-0.1, -0.05) is 18.2 Å². The molecule has 3 aromatic rings. The molecule has 0 aliphatic heterocycles. The molecule has 0 fully saturated rings. The van der Waals surface area contributed by atoms with Gasteiger partial charge in [-0.25, -0.2) is 4.98 Å². The fourth-order valence-electron chi connectivity index (χ4n) is 2.41. The Morgan fingerprint density at radius 2 is 2.05 bits per heavy atom. The minimum atomic E-state index is 0.0892. The van der Waals surface area contributed by atoms with Gasteiger partial charge < -0.3 is 5.73 Å². The third-order valence-corrected chi connectivity index (χ3v) is 4.31. The van der Waals surface area contributed by atoms with Crippen molar-refractivity contribution in [2.45, 2.75) is 25.8 Å². The molecule has 0 aliphatic carbocycles. The standard InChI is InChI=1S/C16H17N3S/c1-11-10-20-16(19-11)9-13(17)8-12-6-7-18-15-5-3-2-4-14(12)15/h2-7,10,13H,8-9,17H2,1H3. The highest BCUT2D eigenvalue weighted by Crippen LogP contribution is 2.19. The number of aryl methyl sites for hydroxylation is 1. The number of hydrogen-bond acceptors (Lipinski definition) is 4. The number of fused-ring (bicyclic) bond motifs is 1. The van der Waals surface area contributed by atoms with Gasteiger partial charge in [0.2, 0.25) is 0 Å². The van der Waals surface area contributed by atoms with Gasteiger partial charge in [-0.2, -0.15) is 0 Å². The molecule has 102 valence electrons. The van der Waals surface area contributed by atoms with E-state index in [2.05, 4.69) is 27.5 Å². The maximum atomic E-state index is 6.28. The summed E-state index contributed by atoms with van der Waals surface area (Å²) in [5, 5.41) is 4.39. The molecule has 0 saturated heterocycles. The van der Waals surface area contributed by atoms with Gasteiger partial charge in [0, 0.05) is 35.1 Å². The molecule has 3 nitrogen and oxygen atoms in total. The topological polar surface area (TPSA) is 51.8 Å². The summed E-state index contributed by atoms with van der Waals surface area (Å²) < 4.78 is 0. The quantitative estimate of drug-likeness (QED) is 0.800. The number of thiazole rings is 1. The number of nitrogens with two attached hydrogens (primary N) is 1. The second-order valence-corrected chi connectivity index (χ2v) is 5.98. The van der Waals surface area contributed by atoms with Crippen molar-refractivity contribution in [1.82, 2.24) is 9.97 Å². The summed E-state index contributed by atoms with van der Waals surface area (Å²) in [6, 6.07) is 10.4. The van der Waals surface area contributed by atoms with E-state index in [0.717, 1.165) is 29.1 Å². The number of rotatable bonds is 4. The molecule has 2 N–H and O–H groups in total. The van der Waals surface area contributed by atoms with E-state index >= 15 is 0 Å². The molecule has 2 heterocycles. The third-order valence-electron chi connectivity index (χ3n) is 3.32. The minimum Gasteiger partial charge on any atom is -0.327 e.